The first-order chi connectivity index (χ1) is 6.36. The monoisotopic (exact) mass is 196 g/mol. The highest BCUT2D eigenvalue weighted by molar-refractivity contribution is 5.13. The van der Waals surface area contributed by atoms with Crippen LogP contribution in [0.25, 0.3) is 0 Å². The zero-order chi connectivity index (χ0) is 10.9. The van der Waals surface area contributed by atoms with E-state index >= 15 is 0 Å². The summed E-state index contributed by atoms with van der Waals surface area (Å²) in [4.78, 5) is 0. The molecule has 0 N–H and O–H groups in total. The van der Waals surface area contributed by atoms with Gasteiger partial charge in [0.1, 0.15) is 0 Å². The van der Waals surface area contributed by atoms with Crippen molar-refractivity contribution in [2.24, 2.45) is 11.3 Å². The number of rotatable bonds is 1. The Morgan fingerprint density at radius 2 is 2.00 bits per heavy atom. The van der Waals surface area contributed by atoms with E-state index in [4.69, 9.17) is 4.74 Å². The highest BCUT2D eigenvalue weighted by Crippen LogP contribution is 2.38. The Morgan fingerprint density at radius 3 is 2.43 bits per heavy atom. The highest BCUT2D eigenvalue weighted by Gasteiger charge is 2.36. The van der Waals surface area contributed by atoms with E-state index in [2.05, 4.69) is 41.2 Å². The Hall–Kier alpha value is -0.300. The van der Waals surface area contributed by atoms with Crippen molar-refractivity contribution in [2.45, 2.75) is 59.7 Å². The van der Waals surface area contributed by atoms with Gasteiger partial charge in [-0.05, 0) is 29.7 Å². The minimum absolute atomic E-state index is 0.180. The molecule has 0 amide bonds. The molecule has 1 rings (SSSR count). The molecule has 82 valence electrons. The summed E-state index contributed by atoms with van der Waals surface area (Å²) >= 11 is 0. The molecule has 1 heteroatoms. The normalized spacial score (nSPS) is 34.6. The third kappa shape index (κ3) is 2.38. The highest BCUT2D eigenvalue weighted by atomic mass is 16.5. The van der Waals surface area contributed by atoms with Crippen molar-refractivity contribution in [3.63, 3.8) is 0 Å². The van der Waals surface area contributed by atoms with Gasteiger partial charge in [-0.15, -0.1) is 0 Å². The molecule has 1 aliphatic rings. The molecule has 1 nitrogen and oxygen atoms in total. The van der Waals surface area contributed by atoms with Crippen LogP contribution in [0.5, 0.6) is 0 Å². The van der Waals surface area contributed by atoms with Crippen molar-refractivity contribution in [2.75, 3.05) is 0 Å². The molecule has 3 unspecified atom stereocenters. The lowest BCUT2D eigenvalue weighted by Crippen LogP contribution is -2.41. The van der Waals surface area contributed by atoms with Crippen molar-refractivity contribution in [1.82, 2.24) is 0 Å². The van der Waals surface area contributed by atoms with E-state index < -0.39 is 0 Å². The summed E-state index contributed by atoms with van der Waals surface area (Å²) in [5.74, 6) is 0.609. The molecule has 0 radical (unpaired) electrons. The first-order valence-corrected chi connectivity index (χ1v) is 5.70. The summed E-state index contributed by atoms with van der Waals surface area (Å²) in [7, 11) is 0. The van der Waals surface area contributed by atoms with Crippen LogP contribution in [0.15, 0.2) is 12.2 Å². The van der Waals surface area contributed by atoms with Crippen LogP contribution in [0.1, 0.15) is 47.5 Å². The fraction of sp³-hybridized carbons (Fsp3) is 0.846. The van der Waals surface area contributed by atoms with Gasteiger partial charge in [0, 0.05) is 0 Å². The molecule has 0 aromatic carbocycles. The van der Waals surface area contributed by atoms with Crippen molar-refractivity contribution < 1.29 is 4.74 Å². The van der Waals surface area contributed by atoms with E-state index in [9.17, 15) is 0 Å². The van der Waals surface area contributed by atoms with Crippen LogP contribution < -0.4 is 0 Å². The second kappa shape index (κ2) is 4.06. The molecule has 1 heterocycles. The molecule has 0 aliphatic carbocycles. The van der Waals surface area contributed by atoms with Gasteiger partial charge in [0.2, 0.25) is 0 Å². The van der Waals surface area contributed by atoms with Crippen molar-refractivity contribution >= 4 is 0 Å². The molecule has 14 heavy (non-hydrogen) atoms. The van der Waals surface area contributed by atoms with Crippen LogP contribution in [0.4, 0.5) is 0 Å². The Bertz CT molecular complexity index is 212. The van der Waals surface area contributed by atoms with Gasteiger partial charge in [-0.3, -0.25) is 0 Å². The Morgan fingerprint density at radius 1 is 1.43 bits per heavy atom. The quantitative estimate of drug-likeness (QED) is 0.580. The van der Waals surface area contributed by atoms with E-state index in [0.717, 1.165) is 12.8 Å². The third-order valence-corrected chi connectivity index (χ3v) is 3.16. The summed E-state index contributed by atoms with van der Waals surface area (Å²) in [6.07, 6.45) is 2.92. The maximum Gasteiger partial charge on any atom is 0.0836 e. The van der Waals surface area contributed by atoms with E-state index in [1.54, 1.807) is 0 Å². The minimum Gasteiger partial charge on any atom is -0.370 e. The summed E-state index contributed by atoms with van der Waals surface area (Å²) < 4.78 is 6.08. The first kappa shape index (κ1) is 11.8. The van der Waals surface area contributed by atoms with E-state index in [1.165, 1.54) is 5.57 Å². The van der Waals surface area contributed by atoms with Gasteiger partial charge in [-0.25, -0.2) is 0 Å². The smallest absolute Gasteiger partial charge is 0.0836 e. The Kier molecular flexibility index (Phi) is 3.41. The zero-order valence-corrected chi connectivity index (χ0v) is 10.3. The average Bonchev–Trinajstić information content (AvgIpc) is 2.07. The van der Waals surface area contributed by atoms with E-state index in [0.29, 0.717) is 12.0 Å². The predicted octanol–water partition coefficient (Wildman–Crippen LogP) is 3.79. The predicted molar refractivity (Wildman–Crippen MR) is 61.3 cm³/mol. The summed E-state index contributed by atoms with van der Waals surface area (Å²) in [5, 5.41) is 0. The number of ether oxygens (including phenoxy) is 1. The second-order valence-corrected chi connectivity index (χ2v) is 5.62. The van der Waals surface area contributed by atoms with Gasteiger partial charge in [0.25, 0.3) is 0 Å². The molecular weight excluding hydrogens is 172 g/mol. The lowest BCUT2D eigenvalue weighted by atomic mass is 9.77. The number of hydrogen-bond acceptors (Lipinski definition) is 1. The summed E-state index contributed by atoms with van der Waals surface area (Å²) in [6, 6.07) is 0. The molecule has 1 saturated heterocycles. The van der Waals surface area contributed by atoms with Crippen LogP contribution in [-0.2, 0) is 4.74 Å². The van der Waals surface area contributed by atoms with Gasteiger partial charge in [0.15, 0.2) is 0 Å². The maximum atomic E-state index is 6.08. The van der Waals surface area contributed by atoms with Gasteiger partial charge in [0.05, 0.1) is 12.2 Å². The van der Waals surface area contributed by atoms with Crippen molar-refractivity contribution in [3.8, 4) is 0 Å². The standard InChI is InChI=1S/C13H24O/c1-7-11-8-9(2)10(3)12(14-11)13(4,5)6/h9,11-12H,3,7-8H2,1-2,4-6H3. The molecule has 1 aliphatic heterocycles. The maximum absolute atomic E-state index is 6.08. The topological polar surface area (TPSA) is 9.23 Å². The molecule has 0 spiro atoms. The fourth-order valence-electron chi connectivity index (χ4n) is 2.16. The first-order valence-electron chi connectivity index (χ1n) is 5.70. The Labute approximate surface area is 88.5 Å². The fourth-order valence-corrected chi connectivity index (χ4v) is 2.16. The molecule has 1 fully saturated rings. The van der Waals surface area contributed by atoms with Gasteiger partial charge in [-0.2, -0.15) is 0 Å². The van der Waals surface area contributed by atoms with Crippen LogP contribution in [0.2, 0.25) is 0 Å². The van der Waals surface area contributed by atoms with E-state index in [-0.39, 0.29) is 11.5 Å². The molecule has 0 bridgehead atoms. The summed E-state index contributed by atoms with van der Waals surface area (Å²) in [6.45, 7) is 15.3. The van der Waals surface area contributed by atoms with Crippen LogP contribution >= 0.6 is 0 Å². The summed E-state index contributed by atoms with van der Waals surface area (Å²) in [5.41, 5.74) is 1.46. The van der Waals surface area contributed by atoms with Gasteiger partial charge in [-0.1, -0.05) is 41.2 Å². The second-order valence-electron chi connectivity index (χ2n) is 5.62. The Balaban J connectivity index is 2.78. The van der Waals surface area contributed by atoms with Crippen molar-refractivity contribution in [1.29, 1.82) is 0 Å². The molecular formula is C13H24O. The van der Waals surface area contributed by atoms with Gasteiger partial charge >= 0.3 is 0 Å². The minimum atomic E-state index is 0.180. The molecule has 0 aromatic heterocycles. The zero-order valence-electron chi connectivity index (χ0n) is 10.3. The molecule has 3 atom stereocenters. The lowest BCUT2D eigenvalue weighted by molar-refractivity contribution is -0.0796. The SMILES string of the molecule is C=C1C(C)CC(CC)OC1C(C)(C)C. The van der Waals surface area contributed by atoms with Crippen molar-refractivity contribution in [3.05, 3.63) is 12.2 Å². The van der Waals surface area contributed by atoms with Crippen LogP contribution in [0.3, 0.4) is 0 Å². The molecule has 0 aromatic rings. The van der Waals surface area contributed by atoms with E-state index in [1.807, 2.05) is 0 Å². The average molecular weight is 196 g/mol. The van der Waals surface area contributed by atoms with Crippen LogP contribution in [0, 0.1) is 11.3 Å². The lowest BCUT2D eigenvalue weighted by Gasteiger charge is -2.42. The third-order valence-electron chi connectivity index (χ3n) is 3.16. The van der Waals surface area contributed by atoms with Crippen LogP contribution in [-0.4, -0.2) is 12.2 Å². The van der Waals surface area contributed by atoms with Gasteiger partial charge < -0.3 is 4.74 Å². The molecule has 0 saturated carbocycles. The number of hydrogen-bond donors (Lipinski definition) is 0. The largest absolute Gasteiger partial charge is 0.370 e.